The number of nitrogens with zero attached hydrogens (tertiary/aromatic N) is 4. The molecule has 0 radical (unpaired) electrons. The van der Waals surface area contributed by atoms with Crippen molar-refractivity contribution in [2.24, 2.45) is 0 Å². The van der Waals surface area contributed by atoms with E-state index >= 15 is 0 Å². The number of hydrogen-bond donors (Lipinski definition) is 1. The van der Waals surface area contributed by atoms with Crippen molar-refractivity contribution in [3.63, 3.8) is 0 Å². The van der Waals surface area contributed by atoms with Crippen LogP contribution >= 0.6 is 0 Å². The Hall–Kier alpha value is -1.62. The Morgan fingerprint density at radius 3 is 3.05 bits per heavy atom. The maximum absolute atomic E-state index is 10.4. The first-order valence-electron chi connectivity index (χ1n) is 6.99. The number of aliphatic hydroxyl groups is 1. The van der Waals surface area contributed by atoms with Crippen LogP contribution in [0.3, 0.4) is 0 Å². The fraction of sp³-hybridized carbons (Fsp3) is 0.571. The molecule has 1 aliphatic carbocycles. The third-order valence-electron chi connectivity index (χ3n) is 3.62. The fourth-order valence-corrected chi connectivity index (χ4v) is 2.48. The lowest BCUT2D eigenvalue weighted by Gasteiger charge is -2.14. The van der Waals surface area contributed by atoms with Crippen molar-refractivity contribution in [2.75, 3.05) is 0 Å². The predicted molar refractivity (Wildman–Crippen MR) is 71.7 cm³/mol. The van der Waals surface area contributed by atoms with Gasteiger partial charge in [-0.1, -0.05) is 6.92 Å². The van der Waals surface area contributed by atoms with Gasteiger partial charge in [-0.05, 0) is 19.3 Å². The van der Waals surface area contributed by atoms with Crippen molar-refractivity contribution < 1.29 is 5.11 Å². The molecular weight excluding hydrogens is 240 g/mol. The van der Waals surface area contributed by atoms with E-state index in [0.29, 0.717) is 12.5 Å². The Kier molecular flexibility index (Phi) is 3.38. The highest BCUT2D eigenvalue weighted by atomic mass is 16.3. The van der Waals surface area contributed by atoms with Crippen LogP contribution in [-0.4, -0.2) is 24.2 Å². The molecule has 0 amide bonds. The number of rotatable bonds is 6. The first-order valence-corrected chi connectivity index (χ1v) is 6.99. The topological polar surface area (TPSA) is 55.9 Å². The summed E-state index contributed by atoms with van der Waals surface area (Å²) in [6, 6.07) is 0.544. The van der Waals surface area contributed by atoms with Crippen molar-refractivity contribution in [2.45, 2.75) is 51.3 Å². The molecule has 5 heteroatoms. The standard InChI is InChI=1S/C14H20N4O/c1-2-6-17-7-5-16-14(17)8-13(19)12-9-15-10-18(12)11-3-4-11/h5,7,9-11,13,19H,2-4,6,8H2,1H3. The number of imidazole rings is 2. The molecule has 1 saturated carbocycles. The minimum absolute atomic E-state index is 0.527. The molecule has 19 heavy (non-hydrogen) atoms. The van der Waals surface area contributed by atoms with Gasteiger partial charge in [-0.2, -0.15) is 0 Å². The van der Waals surface area contributed by atoms with E-state index in [1.807, 2.05) is 12.5 Å². The first-order chi connectivity index (χ1) is 9.29. The van der Waals surface area contributed by atoms with Crippen LogP contribution in [0.5, 0.6) is 0 Å². The fourth-order valence-electron chi connectivity index (χ4n) is 2.48. The maximum atomic E-state index is 10.4. The second-order valence-corrected chi connectivity index (χ2v) is 5.21. The summed E-state index contributed by atoms with van der Waals surface area (Å²) in [6.45, 7) is 3.09. The molecule has 1 N–H and O–H groups in total. The molecule has 0 bridgehead atoms. The molecule has 0 aromatic carbocycles. The summed E-state index contributed by atoms with van der Waals surface area (Å²) < 4.78 is 4.22. The predicted octanol–water partition coefficient (Wildman–Crippen LogP) is 2.10. The molecule has 0 saturated heterocycles. The summed E-state index contributed by atoms with van der Waals surface area (Å²) in [4.78, 5) is 8.52. The van der Waals surface area contributed by atoms with Gasteiger partial charge < -0.3 is 14.2 Å². The minimum Gasteiger partial charge on any atom is -0.386 e. The Labute approximate surface area is 112 Å². The van der Waals surface area contributed by atoms with Crippen LogP contribution in [0.2, 0.25) is 0 Å². The summed E-state index contributed by atoms with van der Waals surface area (Å²) in [5.74, 6) is 0.942. The van der Waals surface area contributed by atoms with E-state index in [-0.39, 0.29) is 0 Å². The van der Waals surface area contributed by atoms with Crippen molar-refractivity contribution in [3.8, 4) is 0 Å². The second kappa shape index (κ2) is 5.17. The monoisotopic (exact) mass is 260 g/mol. The van der Waals surface area contributed by atoms with Crippen LogP contribution in [0.1, 0.15) is 49.9 Å². The van der Waals surface area contributed by atoms with Gasteiger partial charge >= 0.3 is 0 Å². The highest BCUT2D eigenvalue weighted by Gasteiger charge is 2.27. The number of aromatic nitrogens is 4. The van der Waals surface area contributed by atoms with Crippen LogP contribution in [-0.2, 0) is 13.0 Å². The van der Waals surface area contributed by atoms with Crippen LogP contribution in [0, 0.1) is 0 Å². The van der Waals surface area contributed by atoms with Crippen LogP contribution in [0.15, 0.2) is 24.9 Å². The minimum atomic E-state index is -0.527. The Morgan fingerprint density at radius 1 is 1.47 bits per heavy atom. The maximum Gasteiger partial charge on any atom is 0.111 e. The lowest BCUT2D eigenvalue weighted by atomic mass is 10.2. The summed E-state index contributed by atoms with van der Waals surface area (Å²) in [5, 5.41) is 10.4. The number of aryl methyl sites for hydroxylation is 1. The van der Waals surface area contributed by atoms with E-state index < -0.39 is 6.10 Å². The van der Waals surface area contributed by atoms with Crippen LogP contribution in [0.4, 0.5) is 0 Å². The quantitative estimate of drug-likeness (QED) is 0.865. The number of hydrogen-bond acceptors (Lipinski definition) is 3. The average Bonchev–Trinajstić information content (AvgIpc) is 2.96. The Bertz CT molecular complexity index is 541. The van der Waals surface area contributed by atoms with Crippen molar-refractivity contribution in [1.29, 1.82) is 0 Å². The third kappa shape index (κ3) is 2.56. The molecule has 2 heterocycles. The normalized spacial score (nSPS) is 16.7. The molecule has 0 spiro atoms. The molecule has 102 valence electrons. The van der Waals surface area contributed by atoms with Gasteiger partial charge in [0.1, 0.15) is 11.9 Å². The summed E-state index contributed by atoms with van der Waals surface area (Å²) >= 11 is 0. The molecule has 3 rings (SSSR count). The third-order valence-corrected chi connectivity index (χ3v) is 3.62. The molecule has 1 unspecified atom stereocenters. The van der Waals surface area contributed by atoms with Gasteiger partial charge in [0.2, 0.25) is 0 Å². The highest BCUT2D eigenvalue weighted by molar-refractivity contribution is 5.09. The molecule has 2 aromatic rings. The largest absolute Gasteiger partial charge is 0.386 e. The molecule has 1 atom stereocenters. The molecular formula is C14H20N4O. The Balaban J connectivity index is 1.74. The van der Waals surface area contributed by atoms with Gasteiger partial charge in [0.25, 0.3) is 0 Å². The highest BCUT2D eigenvalue weighted by Crippen LogP contribution is 2.37. The van der Waals surface area contributed by atoms with Crippen molar-refractivity contribution in [1.82, 2.24) is 19.1 Å². The van der Waals surface area contributed by atoms with E-state index in [0.717, 1.165) is 24.5 Å². The zero-order valence-electron chi connectivity index (χ0n) is 11.2. The van der Waals surface area contributed by atoms with E-state index in [4.69, 9.17) is 0 Å². The average molecular weight is 260 g/mol. The molecule has 0 aliphatic heterocycles. The molecule has 2 aromatic heterocycles. The number of aliphatic hydroxyl groups excluding tert-OH is 1. The lowest BCUT2D eigenvalue weighted by Crippen LogP contribution is -2.12. The first kappa shape index (κ1) is 12.4. The summed E-state index contributed by atoms with van der Waals surface area (Å²) in [7, 11) is 0. The van der Waals surface area contributed by atoms with Crippen LogP contribution in [0.25, 0.3) is 0 Å². The zero-order valence-corrected chi connectivity index (χ0v) is 11.2. The van der Waals surface area contributed by atoms with Gasteiger partial charge in [-0.25, -0.2) is 9.97 Å². The smallest absolute Gasteiger partial charge is 0.111 e. The summed E-state index contributed by atoms with van der Waals surface area (Å²) in [5.41, 5.74) is 0.911. The zero-order chi connectivity index (χ0) is 13.2. The summed E-state index contributed by atoms with van der Waals surface area (Å²) in [6.07, 6.45) is 10.9. The molecule has 1 aliphatic rings. The van der Waals surface area contributed by atoms with Crippen molar-refractivity contribution in [3.05, 3.63) is 36.4 Å². The van der Waals surface area contributed by atoms with Crippen LogP contribution < -0.4 is 0 Å². The van der Waals surface area contributed by atoms with Gasteiger partial charge in [0, 0.05) is 31.4 Å². The Morgan fingerprint density at radius 2 is 2.32 bits per heavy atom. The lowest BCUT2D eigenvalue weighted by molar-refractivity contribution is 0.164. The van der Waals surface area contributed by atoms with Crippen molar-refractivity contribution >= 4 is 0 Å². The second-order valence-electron chi connectivity index (χ2n) is 5.21. The van der Waals surface area contributed by atoms with E-state index in [9.17, 15) is 5.11 Å². The van der Waals surface area contributed by atoms with Gasteiger partial charge in [0.05, 0.1) is 18.2 Å². The molecule has 5 nitrogen and oxygen atoms in total. The van der Waals surface area contributed by atoms with E-state index in [1.165, 1.54) is 12.8 Å². The SMILES string of the molecule is CCCn1ccnc1CC(O)c1cncn1C1CC1. The van der Waals surface area contributed by atoms with Gasteiger partial charge in [0.15, 0.2) is 0 Å². The van der Waals surface area contributed by atoms with Gasteiger partial charge in [-0.15, -0.1) is 0 Å². The molecule has 1 fully saturated rings. The van der Waals surface area contributed by atoms with Gasteiger partial charge in [-0.3, -0.25) is 0 Å². The van der Waals surface area contributed by atoms with E-state index in [2.05, 4.69) is 26.0 Å². The van der Waals surface area contributed by atoms with E-state index in [1.54, 1.807) is 12.4 Å².